The third kappa shape index (κ3) is 2.25. The Bertz CT molecular complexity index is 578. The standard InChI is InChI=1S/C18H21N/c1-12-14-4-3-5-15(12)7-9-17-11-18(19)10-16(8-6-14)13(17)2/h3-5,10-11H,6-9,19H2,1-2H3. The molecule has 1 nitrogen and oxygen atoms in total. The van der Waals surface area contributed by atoms with Crippen LogP contribution in [0.25, 0.3) is 0 Å². The summed E-state index contributed by atoms with van der Waals surface area (Å²) in [5, 5.41) is 0. The van der Waals surface area contributed by atoms with Crippen LogP contribution in [0, 0.1) is 13.8 Å². The number of fused-ring (bicyclic) bond motifs is 4. The molecule has 0 radical (unpaired) electrons. The Balaban J connectivity index is 2.09. The Labute approximate surface area is 115 Å². The first kappa shape index (κ1) is 12.3. The first-order valence-electron chi connectivity index (χ1n) is 7.10. The number of hydrogen-bond donors (Lipinski definition) is 1. The van der Waals surface area contributed by atoms with Gasteiger partial charge in [-0.25, -0.2) is 0 Å². The zero-order chi connectivity index (χ0) is 13.4. The highest BCUT2D eigenvalue weighted by Crippen LogP contribution is 2.26. The summed E-state index contributed by atoms with van der Waals surface area (Å²) in [7, 11) is 0. The Morgan fingerprint density at radius 1 is 0.737 bits per heavy atom. The topological polar surface area (TPSA) is 26.0 Å². The second-order valence-corrected chi connectivity index (χ2v) is 5.67. The van der Waals surface area contributed by atoms with Crippen molar-refractivity contribution in [1.29, 1.82) is 0 Å². The highest BCUT2D eigenvalue weighted by Gasteiger charge is 2.12. The maximum atomic E-state index is 6.05. The molecule has 0 unspecified atom stereocenters. The lowest BCUT2D eigenvalue weighted by atomic mass is 9.88. The average molecular weight is 251 g/mol. The van der Waals surface area contributed by atoms with Crippen LogP contribution in [0.1, 0.15) is 33.4 Å². The van der Waals surface area contributed by atoms with Crippen molar-refractivity contribution in [2.75, 3.05) is 5.73 Å². The van der Waals surface area contributed by atoms with E-state index >= 15 is 0 Å². The van der Waals surface area contributed by atoms with Crippen LogP contribution in [0.2, 0.25) is 0 Å². The van der Waals surface area contributed by atoms with Gasteiger partial charge in [0.2, 0.25) is 0 Å². The first-order chi connectivity index (χ1) is 9.15. The molecule has 0 amide bonds. The van der Waals surface area contributed by atoms with Crippen LogP contribution in [-0.4, -0.2) is 0 Å². The fraction of sp³-hybridized carbons (Fsp3) is 0.333. The van der Waals surface area contributed by atoms with Gasteiger partial charge in [0.25, 0.3) is 0 Å². The highest BCUT2D eigenvalue weighted by molar-refractivity contribution is 5.50. The molecule has 1 aliphatic carbocycles. The van der Waals surface area contributed by atoms with Crippen molar-refractivity contribution in [3.05, 3.63) is 63.7 Å². The highest BCUT2D eigenvalue weighted by atomic mass is 14.5. The third-order valence-corrected chi connectivity index (χ3v) is 4.53. The van der Waals surface area contributed by atoms with Gasteiger partial charge in [0.05, 0.1) is 0 Å². The van der Waals surface area contributed by atoms with Gasteiger partial charge < -0.3 is 5.73 Å². The summed E-state index contributed by atoms with van der Waals surface area (Å²) in [6, 6.07) is 11.0. The van der Waals surface area contributed by atoms with E-state index in [0.717, 1.165) is 31.4 Å². The summed E-state index contributed by atoms with van der Waals surface area (Å²) in [5.74, 6) is 0. The van der Waals surface area contributed by atoms with Crippen LogP contribution >= 0.6 is 0 Å². The Kier molecular flexibility index (Phi) is 3.06. The molecule has 0 saturated carbocycles. The van der Waals surface area contributed by atoms with E-state index in [1.165, 1.54) is 33.4 Å². The van der Waals surface area contributed by atoms with Crippen LogP contribution < -0.4 is 5.73 Å². The number of rotatable bonds is 0. The van der Waals surface area contributed by atoms with Crippen LogP contribution in [0.4, 0.5) is 5.69 Å². The van der Waals surface area contributed by atoms with Gasteiger partial charge in [0.1, 0.15) is 0 Å². The molecule has 1 heteroatoms. The fourth-order valence-corrected chi connectivity index (χ4v) is 3.20. The van der Waals surface area contributed by atoms with Crippen molar-refractivity contribution in [2.24, 2.45) is 0 Å². The van der Waals surface area contributed by atoms with E-state index in [4.69, 9.17) is 5.73 Å². The number of anilines is 1. The lowest BCUT2D eigenvalue weighted by Crippen LogP contribution is -2.07. The monoisotopic (exact) mass is 251 g/mol. The van der Waals surface area contributed by atoms with E-state index in [0.29, 0.717) is 0 Å². The van der Waals surface area contributed by atoms with Gasteiger partial charge in [-0.05, 0) is 85.0 Å². The van der Waals surface area contributed by atoms with E-state index in [2.05, 4.69) is 44.2 Å². The molecule has 0 aromatic heterocycles. The van der Waals surface area contributed by atoms with Gasteiger partial charge in [-0.15, -0.1) is 0 Å². The van der Waals surface area contributed by atoms with E-state index in [9.17, 15) is 0 Å². The van der Waals surface area contributed by atoms with Crippen molar-refractivity contribution in [1.82, 2.24) is 0 Å². The molecule has 4 bridgehead atoms. The van der Waals surface area contributed by atoms with Gasteiger partial charge >= 0.3 is 0 Å². The first-order valence-corrected chi connectivity index (χ1v) is 7.10. The van der Waals surface area contributed by atoms with E-state index in [-0.39, 0.29) is 0 Å². The van der Waals surface area contributed by atoms with Crippen molar-refractivity contribution in [3.63, 3.8) is 0 Å². The second kappa shape index (κ2) is 4.73. The summed E-state index contributed by atoms with van der Waals surface area (Å²) in [6.45, 7) is 4.51. The predicted molar refractivity (Wildman–Crippen MR) is 81.6 cm³/mol. The molecule has 0 aliphatic heterocycles. The quantitative estimate of drug-likeness (QED) is 0.709. The molecule has 0 saturated heterocycles. The molecule has 2 aromatic rings. The molecule has 0 atom stereocenters. The molecule has 0 heterocycles. The van der Waals surface area contributed by atoms with Crippen LogP contribution in [0.15, 0.2) is 30.3 Å². The number of nitrogens with two attached hydrogens (primary N) is 1. The minimum atomic E-state index is 0.913. The number of aryl methyl sites for hydroxylation is 4. The maximum Gasteiger partial charge on any atom is 0.0319 e. The lowest BCUT2D eigenvalue weighted by Gasteiger charge is -2.18. The Morgan fingerprint density at radius 3 is 1.68 bits per heavy atom. The van der Waals surface area contributed by atoms with Crippen molar-refractivity contribution < 1.29 is 0 Å². The number of benzene rings is 2. The fourth-order valence-electron chi connectivity index (χ4n) is 3.20. The van der Waals surface area contributed by atoms with Gasteiger partial charge in [0, 0.05) is 5.69 Å². The summed E-state index contributed by atoms with van der Waals surface area (Å²) >= 11 is 0. The van der Waals surface area contributed by atoms with E-state index in [1.54, 1.807) is 0 Å². The molecular weight excluding hydrogens is 230 g/mol. The third-order valence-electron chi connectivity index (χ3n) is 4.53. The van der Waals surface area contributed by atoms with Gasteiger partial charge in [-0.3, -0.25) is 0 Å². The van der Waals surface area contributed by atoms with Crippen LogP contribution in [0.3, 0.4) is 0 Å². The molecule has 19 heavy (non-hydrogen) atoms. The zero-order valence-electron chi connectivity index (χ0n) is 11.8. The molecule has 2 N–H and O–H groups in total. The van der Waals surface area contributed by atoms with Crippen molar-refractivity contribution >= 4 is 5.69 Å². The number of nitrogen functional groups attached to an aromatic ring is 1. The normalized spacial score (nSPS) is 14.2. The molecule has 2 aromatic carbocycles. The van der Waals surface area contributed by atoms with Gasteiger partial charge in [0.15, 0.2) is 0 Å². The van der Waals surface area contributed by atoms with Crippen LogP contribution in [0.5, 0.6) is 0 Å². The Morgan fingerprint density at radius 2 is 1.16 bits per heavy atom. The number of hydrogen-bond acceptors (Lipinski definition) is 1. The summed E-state index contributed by atoms with van der Waals surface area (Å²) < 4.78 is 0. The largest absolute Gasteiger partial charge is 0.399 e. The predicted octanol–water partition coefficient (Wildman–Crippen LogP) is 3.77. The molecule has 3 rings (SSSR count). The summed E-state index contributed by atoms with van der Waals surface area (Å²) in [6.07, 6.45) is 4.41. The molecule has 0 spiro atoms. The molecule has 1 aliphatic rings. The van der Waals surface area contributed by atoms with Crippen molar-refractivity contribution in [3.8, 4) is 0 Å². The average Bonchev–Trinajstić information content (AvgIpc) is 2.39. The lowest BCUT2D eigenvalue weighted by molar-refractivity contribution is 0.875. The molecule has 98 valence electrons. The summed E-state index contributed by atoms with van der Waals surface area (Å²) in [5.41, 5.74) is 15.7. The molecule has 0 fully saturated rings. The van der Waals surface area contributed by atoms with Gasteiger partial charge in [-0.2, -0.15) is 0 Å². The Hall–Kier alpha value is -1.76. The van der Waals surface area contributed by atoms with E-state index < -0.39 is 0 Å². The smallest absolute Gasteiger partial charge is 0.0319 e. The second-order valence-electron chi connectivity index (χ2n) is 5.67. The SMILES string of the molecule is Cc1c2cccc1CCc1cc(N)cc(c1C)CC2. The molecular formula is C18H21N. The minimum Gasteiger partial charge on any atom is -0.399 e. The minimum absolute atomic E-state index is 0.913. The van der Waals surface area contributed by atoms with E-state index in [1.807, 2.05) is 0 Å². The van der Waals surface area contributed by atoms with Crippen molar-refractivity contribution in [2.45, 2.75) is 39.5 Å². The maximum absolute atomic E-state index is 6.05. The zero-order valence-corrected chi connectivity index (χ0v) is 11.8. The van der Waals surface area contributed by atoms with Crippen LogP contribution in [-0.2, 0) is 25.7 Å². The van der Waals surface area contributed by atoms with Gasteiger partial charge in [-0.1, -0.05) is 18.2 Å². The summed E-state index contributed by atoms with van der Waals surface area (Å²) in [4.78, 5) is 0.